The minimum atomic E-state index is 0.505. The molecule has 72 valence electrons. The van der Waals surface area contributed by atoms with Gasteiger partial charge in [0.15, 0.2) is 0 Å². The molecular formula is C9H15N3S. The van der Waals surface area contributed by atoms with Crippen LogP contribution in [-0.4, -0.2) is 28.0 Å². The van der Waals surface area contributed by atoms with E-state index in [9.17, 15) is 0 Å². The van der Waals surface area contributed by atoms with Crippen LogP contribution in [0.15, 0.2) is 18.6 Å². The molecule has 0 radical (unpaired) electrons. The number of nitrogens with one attached hydrogen (secondary N) is 1. The highest BCUT2D eigenvalue weighted by Crippen LogP contribution is 2.08. The minimum absolute atomic E-state index is 0.505. The highest BCUT2D eigenvalue weighted by molar-refractivity contribution is 7.98. The first-order valence-corrected chi connectivity index (χ1v) is 5.77. The van der Waals surface area contributed by atoms with Crippen LogP contribution in [0.3, 0.4) is 0 Å². The van der Waals surface area contributed by atoms with Crippen molar-refractivity contribution in [1.29, 1.82) is 0 Å². The van der Waals surface area contributed by atoms with Crippen LogP contribution < -0.4 is 5.32 Å². The molecule has 0 fully saturated rings. The molecule has 0 saturated heterocycles. The molecule has 0 aliphatic rings. The summed E-state index contributed by atoms with van der Waals surface area (Å²) in [6.45, 7) is 2.18. The van der Waals surface area contributed by atoms with Crippen LogP contribution >= 0.6 is 11.8 Å². The third-order valence-electron chi connectivity index (χ3n) is 1.79. The molecule has 13 heavy (non-hydrogen) atoms. The van der Waals surface area contributed by atoms with Crippen LogP contribution in [-0.2, 0) is 0 Å². The second-order valence-electron chi connectivity index (χ2n) is 2.80. The molecule has 0 bridgehead atoms. The molecule has 0 spiro atoms. The summed E-state index contributed by atoms with van der Waals surface area (Å²) < 4.78 is 0. The number of hydrogen-bond donors (Lipinski definition) is 1. The van der Waals surface area contributed by atoms with Crippen molar-refractivity contribution in [2.24, 2.45) is 0 Å². The van der Waals surface area contributed by atoms with Gasteiger partial charge < -0.3 is 5.32 Å². The zero-order chi connectivity index (χ0) is 9.52. The van der Waals surface area contributed by atoms with E-state index in [1.807, 2.05) is 17.8 Å². The van der Waals surface area contributed by atoms with E-state index in [2.05, 4.69) is 28.5 Å². The lowest BCUT2D eigenvalue weighted by Crippen LogP contribution is -2.21. The van der Waals surface area contributed by atoms with Gasteiger partial charge in [0.1, 0.15) is 12.1 Å². The van der Waals surface area contributed by atoms with Gasteiger partial charge in [-0.2, -0.15) is 11.8 Å². The Balaban J connectivity index is 2.46. The molecule has 1 rings (SSSR count). The number of aromatic nitrogens is 2. The normalized spacial score (nSPS) is 12.5. The average Bonchev–Trinajstić information content (AvgIpc) is 2.19. The summed E-state index contributed by atoms with van der Waals surface area (Å²) in [6, 6.07) is 2.40. The van der Waals surface area contributed by atoms with E-state index in [0.717, 1.165) is 18.0 Å². The van der Waals surface area contributed by atoms with Crippen molar-refractivity contribution < 1.29 is 0 Å². The fourth-order valence-corrected chi connectivity index (χ4v) is 1.77. The largest absolute Gasteiger partial charge is 0.366 e. The Morgan fingerprint density at radius 3 is 3.00 bits per heavy atom. The average molecular weight is 197 g/mol. The van der Waals surface area contributed by atoms with Crippen molar-refractivity contribution in [3.8, 4) is 0 Å². The molecule has 1 heterocycles. The Hall–Kier alpha value is -0.770. The first-order chi connectivity index (χ1) is 6.36. The summed E-state index contributed by atoms with van der Waals surface area (Å²) in [7, 11) is 0. The summed E-state index contributed by atoms with van der Waals surface area (Å²) in [5.74, 6) is 2.02. The third kappa shape index (κ3) is 3.63. The summed E-state index contributed by atoms with van der Waals surface area (Å²) in [4.78, 5) is 7.99. The second kappa shape index (κ2) is 5.80. The predicted octanol–water partition coefficient (Wildman–Crippen LogP) is 2.03. The van der Waals surface area contributed by atoms with Crippen LogP contribution in [0.4, 0.5) is 5.82 Å². The fourth-order valence-electron chi connectivity index (χ4n) is 1.05. The number of hydrogen-bond acceptors (Lipinski definition) is 4. The van der Waals surface area contributed by atoms with Gasteiger partial charge in [0.25, 0.3) is 0 Å². The zero-order valence-corrected chi connectivity index (χ0v) is 8.84. The SMILES string of the molecule is CCC(CSC)Nc1ccncn1. The zero-order valence-electron chi connectivity index (χ0n) is 8.03. The van der Waals surface area contributed by atoms with Gasteiger partial charge in [-0.25, -0.2) is 9.97 Å². The molecule has 1 N–H and O–H groups in total. The Labute approximate surface area is 83.4 Å². The molecule has 1 unspecified atom stereocenters. The van der Waals surface area contributed by atoms with Crippen LogP contribution in [0.2, 0.25) is 0 Å². The summed E-state index contributed by atoms with van der Waals surface area (Å²) in [6.07, 6.45) is 6.55. The van der Waals surface area contributed by atoms with Crippen molar-refractivity contribution in [2.45, 2.75) is 19.4 Å². The molecule has 0 amide bonds. The molecule has 1 atom stereocenters. The number of thioether (sulfide) groups is 1. The molecule has 1 aromatic heterocycles. The highest BCUT2D eigenvalue weighted by atomic mass is 32.2. The lowest BCUT2D eigenvalue weighted by molar-refractivity contribution is 0.769. The summed E-state index contributed by atoms with van der Waals surface area (Å²) in [5, 5.41) is 3.36. The van der Waals surface area contributed by atoms with Gasteiger partial charge in [-0.3, -0.25) is 0 Å². The number of rotatable bonds is 5. The lowest BCUT2D eigenvalue weighted by atomic mass is 10.2. The lowest BCUT2D eigenvalue weighted by Gasteiger charge is -2.15. The third-order valence-corrected chi connectivity index (χ3v) is 2.53. The smallest absolute Gasteiger partial charge is 0.129 e. The van der Waals surface area contributed by atoms with Gasteiger partial charge in [-0.15, -0.1) is 0 Å². The van der Waals surface area contributed by atoms with Crippen LogP contribution in [0.25, 0.3) is 0 Å². The van der Waals surface area contributed by atoms with E-state index in [-0.39, 0.29) is 0 Å². The molecule has 0 saturated carbocycles. The molecule has 1 aromatic rings. The van der Waals surface area contributed by atoms with Gasteiger partial charge in [-0.1, -0.05) is 6.92 Å². The van der Waals surface area contributed by atoms with Crippen molar-refractivity contribution in [3.63, 3.8) is 0 Å². The van der Waals surface area contributed by atoms with Crippen molar-refractivity contribution >= 4 is 17.6 Å². The summed E-state index contributed by atoms with van der Waals surface area (Å²) >= 11 is 1.85. The molecular weight excluding hydrogens is 182 g/mol. The van der Waals surface area contributed by atoms with Gasteiger partial charge >= 0.3 is 0 Å². The van der Waals surface area contributed by atoms with Gasteiger partial charge in [0.05, 0.1) is 0 Å². The molecule has 0 aliphatic heterocycles. The molecule has 4 heteroatoms. The summed E-state index contributed by atoms with van der Waals surface area (Å²) in [5.41, 5.74) is 0. The minimum Gasteiger partial charge on any atom is -0.366 e. The Bertz CT molecular complexity index is 228. The standard InChI is InChI=1S/C9H15N3S/c1-3-8(6-13-2)12-9-4-5-10-7-11-9/h4-5,7-8H,3,6H2,1-2H3,(H,10,11,12). The number of anilines is 1. The first-order valence-electron chi connectivity index (χ1n) is 4.38. The number of nitrogens with zero attached hydrogens (tertiary/aromatic N) is 2. The molecule has 0 aromatic carbocycles. The van der Waals surface area contributed by atoms with Gasteiger partial charge in [0.2, 0.25) is 0 Å². The van der Waals surface area contributed by atoms with Gasteiger partial charge in [-0.05, 0) is 18.7 Å². The maximum atomic E-state index is 4.12. The van der Waals surface area contributed by atoms with Crippen molar-refractivity contribution in [2.75, 3.05) is 17.3 Å². The molecule has 0 aliphatic carbocycles. The quantitative estimate of drug-likeness (QED) is 0.783. The highest BCUT2D eigenvalue weighted by Gasteiger charge is 2.04. The van der Waals surface area contributed by atoms with E-state index in [0.29, 0.717) is 6.04 Å². The Morgan fingerprint density at radius 2 is 2.46 bits per heavy atom. The molecule has 3 nitrogen and oxygen atoms in total. The Kier molecular flexibility index (Phi) is 4.60. The van der Waals surface area contributed by atoms with E-state index in [4.69, 9.17) is 0 Å². The predicted molar refractivity (Wildman–Crippen MR) is 58.1 cm³/mol. The maximum Gasteiger partial charge on any atom is 0.129 e. The maximum absolute atomic E-state index is 4.12. The fraction of sp³-hybridized carbons (Fsp3) is 0.556. The van der Waals surface area contributed by atoms with E-state index in [1.54, 1.807) is 12.5 Å². The van der Waals surface area contributed by atoms with E-state index < -0.39 is 0 Å². The topological polar surface area (TPSA) is 37.8 Å². The Morgan fingerprint density at radius 1 is 1.62 bits per heavy atom. The van der Waals surface area contributed by atoms with Crippen LogP contribution in [0.5, 0.6) is 0 Å². The van der Waals surface area contributed by atoms with Crippen LogP contribution in [0, 0.1) is 0 Å². The second-order valence-corrected chi connectivity index (χ2v) is 3.71. The van der Waals surface area contributed by atoms with Gasteiger partial charge in [0, 0.05) is 18.0 Å². The van der Waals surface area contributed by atoms with Crippen molar-refractivity contribution in [1.82, 2.24) is 9.97 Å². The monoisotopic (exact) mass is 197 g/mol. The first kappa shape index (κ1) is 10.3. The van der Waals surface area contributed by atoms with Crippen molar-refractivity contribution in [3.05, 3.63) is 18.6 Å². The van der Waals surface area contributed by atoms with E-state index in [1.165, 1.54) is 0 Å². The van der Waals surface area contributed by atoms with Crippen LogP contribution in [0.1, 0.15) is 13.3 Å². The van der Waals surface area contributed by atoms with E-state index >= 15 is 0 Å².